The molecule has 0 bridgehead atoms. The van der Waals surface area contributed by atoms with Gasteiger partial charge in [0.15, 0.2) is 11.9 Å². The fraction of sp³-hybridized carbons (Fsp3) is 0.192. The Hall–Kier alpha value is -3.93. The van der Waals surface area contributed by atoms with Crippen LogP contribution in [0.3, 0.4) is 0 Å². The van der Waals surface area contributed by atoms with Crippen LogP contribution in [0.25, 0.3) is 22.4 Å². The quantitative estimate of drug-likeness (QED) is 0.445. The largest absolute Gasteiger partial charge is 0.463 e. The lowest BCUT2D eigenvalue weighted by atomic mass is 9.99. The number of fused-ring (bicyclic) bond motifs is 2. The highest BCUT2D eigenvalue weighted by molar-refractivity contribution is 6.05. The summed E-state index contributed by atoms with van der Waals surface area (Å²) in [6, 6.07) is 20.7. The zero-order valence-electron chi connectivity index (χ0n) is 17.7. The number of para-hydroxylation sites is 1. The number of aromatic nitrogens is 1. The van der Waals surface area contributed by atoms with Gasteiger partial charge in [0.1, 0.15) is 5.69 Å². The number of esters is 1. The van der Waals surface area contributed by atoms with Crippen LogP contribution in [0.1, 0.15) is 28.4 Å². The van der Waals surface area contributed by atoms with Crippen molar-refractivity contribution in [3.05, 3.63) is 89.7 Å². The molecule has 0 unspecified atom stereocenters. The van der Waals surface area contributed by atoms with Gasteiger partial charge < -0.3 is 14.1 Å². The van der Waals surface area contributed by atoms with E-state index in [0.717, 1.165) is 12.0 Å². The lowest BCUT2D eigenvalue weighted by Crippen LogP contribution is -2.42. The van der Waals surface area contributed by atoms with E-state index in [4.69, 9.17) is 9.15 Å². The zero-order chi connectivity index (χ0) is 22.1. The smallest absolute Gasteiger partial charge is 0.339 e. The summed E-state index contributed by atoms with van der Waals surface area (Å²) in [5.74, 6) is -0.201. The predicted octanol–water partition coefficient (Wildman–Crippen LogP) is 4.63. The number of hydrogen-bond donors (Lipinski definition) is 0. The fourth-order valence-electron chi connectivity index (χ4n) is 4.11. The average molecular weight is 426 g/mol. The lowest BCUT2D eigenvalue weighted by Gasteiger charge is -2.30. The van der Waals surface area contributed by atoms with Crippen molar-refractivity contribution in [2.24, 2.45) is 0 Å². The van der Waals surface area contributed by atoms with Crippen LogP contribution in [0, 0.1) is 0 Å². The highest BCUT2D eigenvalue weighted by atomic mass is 16.5. The molecule has 2 aromatic heterocycles. The minimum absolute atomic E-state index is 0.197. The van der Waals surface area contributed by atoms with Crippen LogP contribution in [0.5, 0.6) is 0 Å². The SMILES string of the molecule is C[C@H](OC(=O)c1cc(-c2ccco2)nc2ccccc12)C(=O)N1CCc2ccccc2C1. The Morgan fingerprint density at radius 1 is 1.03 bits per heavy atom. The molecule has 0 radical (unpaired) electrons. The number of nitrogens with zero attached hydrogens (tertiary/aromatic N) is 2. The molecule has 4 aromatic rings. The molecule has 6 nitrogen and oxygen atoms in total. The van der Waals surface area contributed by atoms with E-state index < -0.39 is 12.1 Å². The summed E-state index contributed by atoms with van der Waals surface area (Å²) in [4.78, 5) is 32.5. The maximum absolute atomic E-state index is 13.1. The second kappa shape index (κ2) is 8.30. The molecule has 3 heterocycles. The van der Waals surface area contributed by atoms with Crippen LogP contribution in [0.15, 0.2) is 77.4 Å². The molecule has 5 rings (SSSR count). The summed E-state index contributed by atoms with van der Waals surface area (Å²) < 4.78 is 11.1. The molecule has 6 heteroatoms. The Morgan fingerprint density at radius 2 is 1.81 bits per heavy atom. The third kappa shape index (κ3) is 3.75. The molecule has 1 aliphatic heterocycles. The number of pyridine rings is 1. The van der Waals surface area contributed by atoms with Crippen molar-refractivity contribution in [1.29, 1.82) is 0 Å². The van der Waals surface area contributed by atoms with E-state index in [0.29, 0.717) is 41.0 Å². The van der Waals surface area contributed by atoms with Crippen LogP contribution >= 0.6 is 0 Å². The number of furan rings is 1. The van der Waals surface area contributed by atoms with E-state index in [1.165, 1.54) is 5.56 Å². The van der Waals surface area contributed by atoms with Crippen LogP contribution in [0.2, 0.25) is 0 Å². The third-order valence-corrected chi connectivity index (χ3v) is 5.78. The molecule has 2 aromatic carbocycles. The Balaban J connectivity index is 1.38. The summed E-state index contributed by atoms with van der Waals surface area (Å²) in [7, 11) is 0. The van der Waals surface area contributed by atoms with Crippen LogP contribution in [-0.4, -0.2) is 34.4 Å². The van der Waals surface area contributed by atoms with Crippen LogP contribution in [0.4, 0.5) is 0 Å². The molecule has 0 spiro atoms. The molecule has 0 aliphatic carbocycles. The van der Waals surface area contributed by atoms with Gasteiger partial charge in [-0.1, -0.05) is 42.5 Å². The Bertz CT molecular complexity index is 1300. The maximum atomic E-state index is 13.1. The highest BCUT2D eigenvalue weighted by Crippen LogP contribution is 2.26. The van der Waals surface area contributed by atoms with E-state index in [1.807, 2.05) is 42.5 Å². The second-order valence-electron chi connectivity index (χ2n) is 7.88. The van der Waals surface area contributed by atoms with E-state index in [-0.39, 0.29) is 5.91 Å². The topological polar surface area (TPSA) is 72.6 Å². The van der Waals surface area contributed by atoms with Gasteiger partial charge in [-0.05, 0) is 48.7 Å². The predicted molar refractivity (Wildman–Crippen MR) is 120 cm³/mol. The molecule has 0 saturated carbocycles. The summed E-state index contributed by atoms with van der Waals surface area (Å²) in [6.07, 6.45) is 1.46. The Labute approximate surface area is 185 Å². The molecule has 0 N–H and O–H groups in total. The van der Waals surface area contributed by atoms with Crippen molar-refractivity contribution in [1.82, 2.24) is 9.88 Å². The Morgan fingerprint density at radius 3 is 2.62 bits per heavy atom. The van der Waals surface area contributed by atoms with E-state index in [9.17, 15) is 9.59 Å². The first-order chi connectivity index (χ1) is 15.6. The number of benzene rings is 2. The van der Waals surface area contributed by atoms with E-state index >= 15 is 0 Å². The second-order valence-corrected chi connectivity index (χ2v) is 7.88. The van der Waals surface area contributed by atoms with Gasteiger partial charge in [-0.25, -0.2) is 9.78 Å². The minimum atomic E-state index is -0.897. The number of rotatable bonds is 4. The number of hydrogen-bond acceptors (Lipinski definition) is 5. The van der Waals surface area contributed by atoms with Gasteiger partial charge in [0.05, 0.1) is 17.3 Å². The third-order valence-electron chi connectivity index (χ3n) is 5.78. The molecule has 1 amide bonds. The van der Waals surface area contributed by atoms with Crippen molar-refractivity contribution >= 4 is 22.8 Å². The first-order valence-corrected chi connectivity index (χ1v) is 10.6. The number of ether oxygens (including phenoxy) is 1. The molecular weight excluding hydrogens is 404 g/mol. The highest BCUT2D eigenvalue weighted by Gasteiger charge is 2.28. The van der Waals surface area contributed by atoms with Crippen molar-refractivity contribution in [2.75, 3.05) is 6.54 Å². The molecule has 32 heavy (non-hydrogen) atoms. The van der Waals surface area contributed by atoms with Crippen molar-refractivity contribution in [3.63, 3.8) is 0 Å². The first kappa shape index (κ1) is 20.0. The van der Waals surface area contributed by atoms with Crippen molar-refractivity contribution in [3.8, 4) is 11.5 Å². The van der Waals surface area contributed by atoms with E-state index in [2.05, 4.69) is 11.1 Å². The average Bonchev–Trinajstić information content (AvgIpc) is 3.37. The normalized spacial score (nSPS) is 14.1. The van der Waals surface area contributed by atoms with Gasteiger partial charge in [0.25, 0.3) is 5.91 Å². The van der Waals surface area contributed by atoms with Crippen LogP contribution in [-0.2, 0) is 22.5 Å². The number of carbonyl (C=O) groups excluding carboxylic acids is 2. The standard InChI is InChI=1S/C26H22N2O4/c1-17(25(29)28-13-12-18-7-2-3-8-19(18)16-28)32-26(30)21-15-23(24-11-6-14-31-24)27-22-10-5-4-9-20(21)22/h2-11,14-15,17H,12-13,16H2,1H3/t17-/m0/s1. The first-order valence-electron chi connectivity index (χ1n) is 10.6. The maximum Gasteiger partial charge on any atom is 0.339 e. The Kier molecular flexibility index (Phi) is 5.19. The van der Waals surface area contributed by atoms with Crippen molar-refractivity contribution < 1.29 is 18.7 Å². The van der Waals surface area contributed by atoms with Gasteiger partial charge in [0, 0.05) is 18.5 Å². The molecule has 0 fully saturated rings. The molecule has 1 aliphatic rings. The summed E-state index contributed by atoms with van der Waals surface area (Å²) in [5, 5.41) is 0.666. The summed E-state index contributed by atoms with van der Waals surface area (Å²) in [6.45, 7) is 2.76. The van der Waals surface area contributed by atoms with Crippen LogP contribution < -0.4 is 0 Å². The van der Waals surface area contributed by atoms with Gasteiger partial charge in [-0.3, -0.25) is 4.79 Å². The number of carbonyl (C=O) groups is 2. The summed E-state index contributed by atoms with van der Waals surface area (Å²) in [5.41, 5.74) is 3.93. The zero-order valence-corrected chi connectivity index (χ0v) is 17.7. The van der Waals surface area contributed by atoms with Gasteiger partial charge in [-0.15, -0.1) is 0 Å². The molecule has 160 valence electrons. The van der Waals surface area contributed by atoms with Gasteiger partial charge in [-0.2, -0.15) is 0 Å². The number of amides is 1. The summed E-state index contributed by atoms with van der Waals surface area (Å²) >= 11 is 0. The fourth-order valence-corrected chi connectivity index (χ4v) is 4.11. The van der Waals surface area contributed by atoms with Crippen molar-refractivity contribution in [2.45, 2.75) is 26.0 Å². The monoisotopic (exact) mass is 426 g/mol. The lowest BCUT2D eigenvalue weighted by molar-refractivity contribution is -0.140. The molecule has 1 atom stereocenters. The minimum Gasteiger partial charge on any atom is -0.463 e. The molecule has 0 saturated heterocycles. The van der Waals surface area contributed by atoms with Gasteiger partial charge in [0.2, 0.25) is 0 Å². The van der Waals surface area contributed by atoms with E-state index in [1.54, 1.807) is 36.3 Å². The van der Waals surface area contributed by atoms with Gasteiger partial charge >= 0.3 is 5.97 Å². The molecular formula is C26H22N2O4.